The van der Waals surface area contributed by atoms with Crippen LogP contribution < -0.4 is 0 Å². The molecule has 0 amide bonds. The van der Waals surface area contributed by atoms with Gasteiger partial charge in [-0.05, 0) is 184 Å². The first-order valence-corrected chi connectivity index (χ1v) is 30.1. The lowest BCUT2D eigenvalue weighted by Crippen LogP contribution is -2.26. The third-order valence-corrected chi connectivity index (χ3v) is 20.1. The lowest BCUT2D eigenvalue weighted by atomic mass is 9.70. The summed E-state index contributed by atoms with van der Waals surface area (Å²) in [7, 11) is 0. The molecule has 85 heavy (non-hydrogen) atoms. The maximum absolute atomic E-state index is 2.48. The standard InChI is InChI=1S/C83H58N2/c1-81(2)69-23-11-5-17-57(69)61-41-37-55(49-73(61)81)84-77-27-15-9-21-65(77)67-45-51(35-43-79(67)84)29-31-53-33-39-63-64-40-34-54(48-76(64)83(75(63)47-53)71-25-13-7-19-59(71)60-20-8-14-26-72(60)83)32-30-52-36-44-80-68(46-52)66-22-10-16-28-78(66)85(80)56-38-42-62-58-18-6-12-24-70(58)82(3,4)74(62)50-56/h5-50H,1-4H3. The second-order valence-corrected chi connectivity index (χ2v) is 25.2. The van der Waals surface area contributed by atoms with E-state index in [4.69, 9.17) is 0 Å². The van der Waals surface area contributed by atoms with E-state index in [0.717, 1.165) is 0 Å². The molecule has 0 saturated carbocycles. The maximum Gasteiger partial charge on any atom is 0.0725 e. The Morgan fingerprint density at radius 3 is 0.976 bits per heavy atom. The smallest absolute Gasteiger partial charge is 0.0725 e. The summed E-state index contributed by atoms with van der Waals surface area (Å²) in [6.07, 6.45) is 9.24. The second kappa shape index (κ2) is 17.4. The van der Waals surface area contributed by atoms with Gasteiger partial charge in [0, 0.05) is 43.7 Å². The van der Waals surface area contributed by atoms with Crippen LogP contribution in [0.15, 0.2) is 255 Å². The fourth-order valence-electron chi connectivity index (χ4n) is 16.2. The van der Waals surface area contributed by atoms with E-state index < -0.39 is 5.41 Å². The normalized spacial score (nSPS) is 15.0. The monoisotopic (exact) mass is 1080 g/mol. The zero-order valence-corrected chi connectivity index (χ0v) is 48.0. The van der Waals surface area contributed by atoms with Gasteiger partial charge in [-0.3, -0.25) is 0 Å². The van der Waals surface area contributed by atoms with Gasteiger partial charge < -0.3 is 9.13 Å². The van der Waals surface area contributed by atoms with Crippen molar-refractivity contribution in [1.82, 2.24) is 9.13 Å². The highest BCUT2D eigenvalue weighted by Crippen LogP contribution is 2.63. The molecule has 18 rings (SSSR count). The van der Waals surface area contributed by atoms with Crippen molar-refractivity contribution >= 4 is 67.9 Å². The minimum atomic E-state index is -0.488. The Labute approximate surface area is 495 Å². The van der Waals surface area contributed by atoms with Crippen LogP contribution in [0.5, 0.6) is 0 Å². The lowest BCUT2D eigenvalue weighted by molar-refractivity contribution is 0.660. The fourth-order valence-corrected chi connectivity index (χ4v) is 16.2. The van der Waals surface area contributed by atoms with E-state index in [-0.39, 0.29) is 10.8 Å². The van der Waals surface area contributed by atoms with Crippen LogP contribution >= 0.6 is 0 Å². The van der Waals surface area contributed by atoms with E-state index in [2.05, 4.69) is 316 Å². The first-order valence-electron chi connectivity index (χ1n) is 30.1. The van der Waals surface area contributed by atoms with Crippen molar-refractivity contribution < 1.29 is 0 Å². The summed E-state index contributed by atoms with van der Waals surface area (Å²) in [5.41, 5.74) is 32.8. The van der Waals surface area contributed by atoms with Crippen molar-refractivity contribution in [3.8, 4) is 55.9 Å². The summed E-state index contributed by atoms with van der Waals surface area (Å²) in [6, 6.07) is 96.3. The quantitative estimate of drug-likeness (QED) is 0.147. The Kier molecular flexibility index (Phi) is 9.88. The van der Waals surface area contributed by atoms with Crippen LogP contribution in [0.3, 0.4) is 0 Å². The fraction of sp³-hybridized carbons (Fsp3) is 0.0843. The Balaban J connectivity index is 0.709. The topological polar surface area (TPSA) is 9.86 Å². The summed E-state index contributed by atoms with van der Waals surface area (Å²) in [4.78, 5) is 0. The molecule has 12 aromatic carbocycles. The van der Waals surface area contributed by atoms with Crippen molar-refractivity contribution in [2.45, 2.75) is 43.9 Å². The predicted octanol–water partition coefficient (Wildman–Crippen LogP) is 21.2. The molecule has 0 radical (unpaired) electrons. The van der Waals surface area contributed by atoms with Crippen molar-refractivity contribution in [1.29, 1.82) is 0 Å². The molecule has 400 valence electrons. The number of hydrogen-bond donors (Lipinski definition) is 0. The highest BCUT2D eigenvalue weighted by atomic mass is 15.0. The van der Waals surface area contributed by atoms with Gasteiger partial charge in [0.25, 0.3) is 0 Å². The van der Waals surface area contributed by atoms with Gasteiger partial charge in [0.1, 0.15) is 0 Å². The molecule has 2 heteroatoms. The van der Waals surface area contributed by atoms with E-state index in [9.17, 15) is 0 Å². The summed E-state index contributed by atoms with van der Waals surface area (Å²) in [6.45, 7) is 9.46. The third-order valence-electron chi connectivity index (χ3n) is 20.1. The summed E-state index contributed by atoms with van der Waals surface area (Å²) in [5.74, 6) is 0. The number of nitrogens with zero attached hydrogens (tertiary/aromatic N) is 2. The third kappa shape index (κ3) is 6.60. The molecule has 0 unspecified atom stereocenters. The van der Waals surface area contributed by atoms with Gasteiger partial charge in [-0.2, -0.15) is 0 Å². The molecule has 0 atom stereocenters. The van der Waals surface area contributed by atoms with Crippen molar-refractivity contribution in [2.24, 2.45) is 0 Å². The van der Waals surface area contributed by atoms with Gasteiger partial charge in [0.15, 0.2) is 0 Å². The van der Waals surface area contributed by atoms with Crippen molar-refractivity contribution in [3.05, 3.63) is 322 Å². The number of hydrogen-bond acceptors (Lipinski definition) is 0. The highest BCUT2D eigenvalue weighted by Gasteiger charge is 2.51. The van der Waals surface area contributed by atoms with Crippen LogP contribution in [-0.2, 0) is 16.2 Å². The first kappa shape index (κ1) is 48.3. The van der Waals surface area contributed by atoms with Gasteiger partial charge in [0.05, 0.1) is 27.5 Å². The van der Waals surface area contributed by atoms with Gasteiger partial charge in [-0.15, -0.1) is 0 Å². The Hall–Kier alpha value is -10.3. The minimum absolute atomic E-state index is 0.0796. The SMILES string of the molecule is CC1(C)c2ccccc2-c2ccc(-n3c4ccccc4c4cc(C=Cc5ccc6c(c5)C5(c7ccccc7-c7ccccc75)c5cc(C=Cc7ccc8c(c7)c7ccccc7n8-c7ccc8c(c7)C(C)(C)c7ccccc7-8)ccc5-6)ccc43)cc21. The molecular formula is C83H58N2. The molecule has 0 aliphatic heterocycles. The molecule has 0 bridgehead atoms. The van der Waals surface area contributed by atoms with Crippen LogP contribution in [0, 0.1) is 0 Å². The molecule has 2 aromatic heterocycles. The number of rotatable bonds is 6. The largest absolute Gasteiger partial charge is 0.309 e. The summed E-state index contributed by atoms with van der Waals surface area (Å²) >= 11 is 0. The predicted molar refractivity (Wildman–Crippen MR) is 357 cm³/mol. The molecule has 0 fully saturated rings. The second-order valence-electron chi connectivity index (χ2n) is 25.2. The Morgan fingerprint density at radius 2 is 0.541 bits per heavy atom. The average molecular weight is 1080 g/mol. The van der Waals surface area contributed by atoms with Gasteiger partial charge in [-0.1, -0.05) is 234 Å². The molecule has 4 aliphatic carbocycles. The number of benzene rings is 12. The number of fused-ring (bicyclic) bond motifs is 22. The molecule has 0 N–H and O–H groups in total. The lowest BCUT2D eigenvalue weighted by Gasteiger charge is -2.30. The van der Waals surface area contributed by atoms with Crippen LogP contribution in [0.4, 0.5) is 0 Å². The average Bonchev–Trinajstić information content (AvgIpc) is 1.80. The Morgan fingerprint density at radius 1 is 0.235 bits per heavy atom. The van der Waals surface area contributed by atoms with Gasteiger partial charge >= 0.3 is 0 Å². The number of para-hydroxylation sites is 2. The zero-order chi connectivity index (χ0) is 56.5. The van der Waals surface area contributed by atoms with E-state index >= 15 is 0 Å². The van der Waals surface area contributed by atoms with E-state index in [0.29, 0.717) is 0 Å². The maximum atomic E-state index is 2.48. The van der Waals surface area contributed by atoms with Gasteiger partial charge in [0.2, 0.25) is 0 Å². The van der Waals surface area contributed by atoms with Crippen molar-refractivity contribution in [2.75, 3.05) is 0 Å². The molecule has 2 nitrogen and oxygen atoms in total. The Bertz CT molecular complexity index is 4980. The van der Waals surface area contributed by atoms with Gasteiger partial charge in [-0.25, -0.2) is 0 Å². The van der Waals surface area contributed by atoms with E-state index in [1.54, 1.807) is 0 Å². The van der Waals surface area contributed by atoms with Crippen LogP contribution in [0.2, 0.25) is 0 Å². The van der Waals surface area contributed by atoms with Crippen LogP contribution in [0.25, 0.3) is 124 Å². The van der Waals surface area contributed by atoms with E-state index in [1.165, 1.54) is 166 Å². The summed E-state index contributed by atoms with van der Waals surface area (Å²) < 4.78 is 4.92. The first-order chi connectivity index (χ1) is 41.6. The molecule has 1 spiro atoms. The molecule has 0 saturated heterocycles. The van der Waals surface area contributed by atoms with E-state index in [1.807, 2.05) is 0 Å². The zero-order valence-electron chi connectivity index (χ0n) is 48.0. The number of aromatic nitrogens is 2. The molecule has 2 heterocycles. The highest BCUT2D eigenvalue weighted by molar-refractivity contribution is 6.11. The van der Waals surface area contributed by atoms with Crippen LogP contribution in [0.1, 0.15) is 94.5 Å². The van der Waals surface area contributed by atoms with Crippen LogP contribution in [-0.4, -0.2) is 9.13 Å². The molecular weight excluding hydrogens is 1020 g/mol. The molecule has 4 aliphatic rings. The summed E-state index contributed by atoms with van der Waals surface area (Å²) in [5, 5.41) is 5.02. The van der Waals surface area contributed by atoms with Crippen molar-refractivity contribution in [3.63, 3.8) is 0 Å². The minimum Gasteiger partial charge on any atom is -0.309 e. The molecule has 14 aromatic rings.